The zero-order valence-corrected chi connectivity index (χ0v) is 17.6. The van der Waals surface area contributed by atoms with Gasteiger partial charge in [-0.15, -0.1) is 0 Å². The second-order valence-corrected chi connectivity index (χ2v) is 6.76. The summed E-state index contributed by atoms with van der Waals surface area (Å²) in [5, 5.41) is 4.00. The Bertz CT molecular complexity index is 1030. The van der Waals surface area contributed by atoms with Crippen molar-refractivity contribution in [2.45, 2.75) is 32.3 Å². The lowest BCUT2D eigenvalue weighted by molar-refractivity contribution is -0.134. The van der Waals surface area contributed by atoms with E-state index in [9.17, 15) is 4.79 Å². The van der Waals surface area contributed by atoms with Gasteiger partial charge < -0.3 is 25.3 Å². The maximum absolute atomic E-state index is 12.1. The molecule has 0 atom stereocenters. The van der Waals surface area contributed by atoms with Gasteiger partial charge in [0.1, 0.15) is 17.9 Å². The molecule has 0 aliphatic heterocycles. The molecule has 0 aliphatic carbocycles. The van der Waals surface area contributed by atoms with Crippen molar-refractivity contribution in [1.29, 1.82) is 0 Å². The number of carbonyl (C=O) groups excluding carboxylic acids is 1. The molecule has 3 N–H and O–H groups in total. The SMILES string of the molecule is CCC(CC)(Oc1cc2c(Nc3ccc(OC)cc3)ncnc2cc1OC)C(N)=O. The fourth-order valence-electron chi connectivity index (χ4n) is 3.22. The molecule has 0 radical (unpaired) electrons. The van der Waals surface area contributed by atoms with Crippen LogP contribution in [0.5, 0.6) is 17.2 Å². The van der Waals surface area contributed by atoms with Crippen molar-refractivity contribution >= 4 is 28.3 Å². The number of primary amides is 1. The quantitative estimate of drug-likeness (QED) is 0.552. The highest BCUT2D eigenvalue weighted by Gasteiger charge is 2.36. The fraction of sp³-hybridized carbons (Fsp3) is 0.318. The van der Waals surface area contributed by atoms with E-state index in [4.69, 9.17) is 19.9 Å². The van der Waals surface area contributed by atoms with Gasteiger partial charge >= 0.3 is 0 Å². The standard InChI is InChI=1S/C22H26N4O4/c1-5-22(6-2,21(23)27)30-19-11-16-17(12-18(19)29-4)24-13-25-20(16)26-14-7-9-15(28-3)10-8-14/h7-13H,5-6H2,1-4H3,(H2,23,27)(H,24,25,26). The molecule has 0 unspecified atom stereocenters. The van der Waals surface area contributed by atoms with Crippen LogP contribution in [0, 0.1) is 0 Å². The monoisotopic (exact) mass is 410 g/mol. The maximum atomic E-state index is 12.1. The Morgan fingerprint density at radius 3 is 2.30 bits per heavy atom. The highest BCUT2D eigenvalue weighted by molar-refractivity contribution is 5.93. The third kappa shape index (κ3) is 4.07. The molecule has 8 heteroatoms. The van der Waals surface area contributed by atoms with Gasteiger partial charge in [-0.1, -0.05) is 13.8 Å². The molecule has 0 bridgehead atoms. The van der Waals surface area contributed by atoms with Crippen molar-refractivity contribution < 1.29 is 19.0 Å². The Morgan fingerprint density at radius 2 is 1.73 bits per heavy atom. The zero-order chi connectivity index (χ0) is 21.7. The van der Waals surface area contributed by atoms with E-state index in [-0.39, 0.29) is 0 Å². The van der Waals surface area contributed by atoms with Crippen LogP contribution in [0.3, 0.4) is 0 Å². The molecule has 0 saturated heterocycles. The third-order valence-electron chi connectivity index (χ3n) is 5.17. The van der Waals surface area contributed by atoms with E-state index in [0.29, 0.717) is 35.7 Å². The fourth-order valence-corrected chi connectivity index (χ4v) is 3.22. The molecule has 1 aromatic heterocycles. The van der Waals surface area contributed by atoms with Crippen molar-refractivity contribution in [2.75, 3.05) is 19.5 Å². The van der Waals surface area contributed by atoms with Crippen molar-refractivity contribution in [2.24, 2.45) is 5.73 Å². The van der Waals surface area contributed by atoms with Gasteiger partial charge in [-0.05, 0) is 43.2 Å². The lowest BCUT2D eigenvalue weighted by atomic mass is 9.96. The first-order valence-electron chi connectivity index (χ1n) is 9.69. The van der Waals surface area contributed by atoms with Gasteiger partial charge in [0, 0.05) is 17.1 Å². The molecular formula is C22H26N4O4. The summed E-state index contributed by atoms with van der Waals surface area (Å²) >= 11 is 0. The Kier molecular flexibility index (Phi) is 6.25. The number of carbonyl (C=O) groups is 1. The van der Waals surface area contributed by atoms with Crippen molar-refractivity contribution in [3.8, 4) is 17.2 Å². The number of benzene rings is 2. The molecular weight excluding hydrogens is 384 g/mol. The number of anilines is 2. The molecule has 1 amide bonds. The van der Waals surface area contributed by atoms with E-state index in [1.54, 1.807) is 19.2 Å². The molecule has 0 saturated carbocycles. The lowest BCUT2D eigenvalue weighted by Crippen LogP contribution is -2.48. The van der Waals surface area contributed by atoms with Crippen molar-refractivity contribution in [3.05, 3.63) is 42.7 Å². The first-order valence-corrected chi connectivity index (χ1v) is 9.69. The number of nitrogens with two attached hydrogens (primary N) is 1. The number of fused-ring (bicyclic) bond motifs is 1. The Morgan fingerprint density at radius 1 is 1.03 bits per heavy atom. The number of rotatable bonds is 9. The predicted octanol–water partition coefficient (Wildman–Crippen LogP) is 3.81. The van der Waals surface area contributed by atoms with Crippen molar-refractivity contribution in [1.82, 2.24) is 9.97 Å². The molecule has 0 aliphatic rings. The summed E-state index contributed by atoms with van der Waals surface area (Å²) < 4.78 is 16.8. The minimum atomic E-state index is -1.12. The lowest BCUT2D eigenvalue weighted by Gasteiger charge is -2.30. The normalized spacial score (nSPS) is 11.2. The van der Waals surface area contributed by atoms with E-state index in [0.717, 1.165) is 16.8 Å². The average Bonchev–Trinajstić information content (AvgIpc) is 2.77. The molecule has 2 aromatic carbocycles. The summed E-state index contributed by atoms with van der Waals surface area (Å²) in [6.45, 7) is 3.73. The summed E-state index contributed by atoms with van der Waals surface area (Å²) in [6, 6.07) is 11.0. The molecule has 1 heterocycles. The van der Waals surface area contributed by atoms with Gasteiger partial charge in [0.15, 0.2) is 17.1 Å². The third-order valence-corrected chi connectivity index (χ3v) is 5.17. The van der Waals surface area contributed by atoms with Crippen LogP contribution in [-0.4, -0.2) is 35.7 Å². The Hall–Kier alpha value is -3.55. The minimum absolute atomic E-state index is 0.403. The van der Waals surface area contributed by atoms with E-state index < -0.39 is 11.5 Å². The number of nitrogens with one attached hydrogen (secondary N) is 1. The number of methoxy groups -OCH3 is 2. The number of hydrogen-bond acceptors (Lipinski definition) is 7. The zero-order valence-electron chi connectivity index (χ0n) is 17.6. The van der Waals surface area contributed by atoms with Crippen LogP contribution in [0.2, 0.25) is 0 Å². The molecule has 0 fully saturated rings. The summed E-state index contributed by atoms with van der Waals surface area (Å²) in [6.07, 6.45) is 2.34. The smallest absolute Gasteiger partial charge is 0.261 e. The summed E-state index contributed by atoms with van der Waals surface area (Å²) in [5.41, 5.74) is 6.03. The molecule has 8 nitrogen and oxygen atoms in total. The minimum Gasteiger partial charge on any atom is -0.497 e. The highest BCUT2D eigenvalue weighted by atomic mass is 16.5. The average molecular weight is 410 g/mol. The van der Waals surface area contributed by atoms with Gasteiger partial charge in [-0.2, -0.15) is 0 Å². The number of nitrogens with zero attached hydrogens (tertiary/aromatic N) is 2. The van der Waals surface area contributed by atoms with Crippen LogP contribution in [0.25, 0.3) is 10.9 Å². The van der Waals surface area contributed by atoms with Crippen LogP contribution in [0.1, 0.15) is 26.7 Å². The highest BCUT2D eigenvalue weighted by Crippen LogP contribution is 2.38. The van der Waals surface area contributed by atoms with Crippen LogP contribution in [0.15, 0.2) is 42.7 Å². The Balaban J connectivity index is 2.06. The van der Waals surface area contributed by atoms with Crippen LogP contribution in [-0.2, 0) is 4.79 Å². The van der Waals surface area contributed by atoms with E-state index >= 15 is 0 Å². The summed E-state index contributed by atoms with van der Waals surface area (Å²) in [7, 11) is 3.16. The van der Waals surface area contributed by atoms with Crippen LogP contribution >= 0.6 is 0 Å². The molecule has 3 rings (SSSR count). The Labute approximate surface area is 175 Å². The molecule has 158 valence electrons. The van der Waals surface area contributed by atoms with Gasteiger partial charge in [-0.3, -0.25) is 4.79 Å². The number of ether oxygens (including phenoxy) is 3. The van der Waals surface area contributed by atoms with E-state index in [1.807, 2.05) is 38.1 Å². The van der Waals surface area contributed by atoms with Crippen LogP contribution in [0.4, 0.5) is 11.5 Å². The predicted molar refractivity (Wildman–Crippen MR) is 116 cm³/mol. The van der Waals surface area contributed by atoms with Gasteiger partial charge in [-0.25, -0.2) is 9.97 Å². The maximum Gasteiger partial charge on any atom is 0.261 e. The van der Waals surface area contributed by atoms with E-state index in [2.05, 4.69) is 15.3 Å². The molecule has 30 heavy (non-hydrogen) atoms. The topological polar surface area (TPSA) is 109 Å². The second kappa shape index (κ2) is 8.86. The number of amides is 1. The van der Waals surface area contributed by atoms with Crippen molar-refractivity contribution in [3.63, 3.8) is 0 Å². The first-order chi connectivity index (χ1) is 14.5. The van der Waals surface area contributed by atoms with Gasteiger partial charge in [0.2, 0.25) is 0 Å². The summed E-state index contributed by atoms with van der Waals surface area (Å²) in [4.78, 5) is 20.8. The first kappa shape index (κ1) is 21.2. The van der Waals surface area contributed by atoms with Gasteiger partial charge in [0.25, 0.3) is 5.91 Å². The van der Waals surface area contributed by atoms with Crippen LogP contribution < -0.4 is 25.3 Å². The van der Waals surface area contributed by atoms with Gasteiger partial charge in [0.05, 0.1) is 19.7 Å². The van der Waals surface area contributed by atoms with E-state index in [1.165, 1.54) is 13.4 Å². The molecule has 0 spiro atoms. The largest absolute Gasteiger partial charge is 0.497 e. The number of hydrogen-bond donors (Lipinski definition) is 2. The number of aromatic nitrogens is 2. The second-order valence-electron chi connectivity index (χ2n) is 6.76. The molecule has 3 aromatic rings. The summed E-state index contributed by atoms with van der Waals surface area (Å²) in [5.74, 6) is 1.70.